The van der Waals surface area contributed by atoms with Crippen LogP contribution >= 0.6 is 0 Å². The molecule has 0 spiro atoms. The number of hydrogen-bond donors (Lipinski definition) is 1. The standard InChI is InChI=1S/C14H28N2O/c1-11(2)10-13(14(17)16(3)4)15-12-8-6-5-7-9-12/h11-13,15H,5-10H2,1-4H3. The third-order valence-corrected chi connectivity index (χ3v) is 3.49. The fourth-order valence-electron chi connectivity index (χ4n) is 2.58. The average molecular weight is 240 g/mol. The summed E-state index contributed by atoms with van der Waals surface area (Å²) in [6.45, 7) is 4.36. The molecule has 1 aliphatic rings. The Hall–Kier alpha value is -0.570. The van der Waals surface area contributed by atoms with Gasteiger partial charge in [0.05, 0.1) is 6.04 Å². The van der Waals surface area contributed by atoms with E-state index in [0.717, 1.165) is 6.42 Å². The summed E-state index contributed by atoms with van der Waals surface area (Å²) in [6.07, 6.45) is 7.37. The lowest BCUT2D eigenvalue weighted by Gasteiger charge is -2.30. The summed E-state index contributed by atoms with van der Waals surface area (Å²) in [5, 5.41) is 3.58. The van der Waals surface area contributed by atoms with Crippen LogP contribution in [-0.4, -0.2) is 37.0 Å². The summed E-state index contributed by atoms with van der Waals surface area (Å²) in [6, 6.07) is 0.560. The van der Waals surface area contributed by atoms with E-state index in [2.05, 4.69) is 19.2 Å². The Morgan fingerprint density at radius 1 is 1.24 bits per heavy atom. The Morgan fingerprint density at radius 3 is 2.29 bits per heavy atom. The number of rotatable bonds is 5. The van der Waals surface area contributed by atoms with Gasteiger partial charge in [-0.3, -0.25) is 4.79 Å². The number of carbonyl (C=O) groups excluding carboxylic acids is 1. The molecule has 1 saturated carbocycles. The third-order valence-electron chi connectivity index (χ3n) is 3.49. The fourth-order valence-corrected chi connectivity index (χ4v) is 2.58. The topological polar surface area (TPSA) is 32.3 Å². The van der Waals surface area contributed by atoms with Crippen molar-refractivity contribution in [2.24, 2.45) is 5.92 Å². The summed E-state index contributed by atoms with van der Waals surface area (Å²) < 4.78 is 0. The molecule has 1 unspecified atom stereocenters. The van der Waals surface area contributed by atoms with Crippen molar-refractivity contribution >= 4 is 5.91 Å². The minimum absolute atomic E-state index is 0.00750. The molecule has 0 saturated heterocycles. The van der Waals surface area contributed by atoms with Crippen LogP contribution in [-0.2, 0) is 4.79 Å². The van der Waals surface area contributed by atoms with Gasteiger partial charge in [0.2, 0.25) is 5.91 Å². The lowest BCUT2D eigenvalue weighted by Crippen LogP contribution is -2.49. The first-order valence-corrected chi connectivity index (χ1v) is 6.98. The van der Waals surface area contributed by atoms with Crippen LogP contribution in [0.3, 0.4) is 0 Å². The van der Waals surface area contributed by atoms with Crippen LogP contribution in [0.25, 0.3) is 0 Å². The summed E-state index contributed by atoms with van der Waals surface area (Å²) in [5.74, 6) is 0.782. The van der Waals surface area contributed by atoms with Gasteiger partial charge in [0.25, 0.3) is 0 Å². The maximum Gasteiger partial charge on any atom is 0.239 e. The second-order valence-electron chi connectivity index (χ2n) is 5.92. The largest absolute Gasteiger partial charge is 0.347 e. The number of likely N-dealkylation sites (N-methyl/N-ethyl adjacent to an activating group) is 1. The summed E-state index contributed by atoms with van der Waals surface area (Å²) in [7, 11) is 3.69. The maximum absolute atomic E-state index is 12.1. The minimum Gasteiger partial charge on any atom is -0.347 e. The highest BCUT2D eigenvalue weighted by atomic mass is 16.2. The van der Waals surface area contributed by atoms with Gasteiger partial charge in [-0.2, -0.15) is 0 Å². The molecule has 0 bridgehead atoms. The van der Waals surface area contributed by atoms with Gasteiger partial charge < -0.3 is 10.2 Å². The zero-order chi connectivity index (χ0) is 12.8. The first-order chi connectivity index (χ1) is 8.00. The van der Waals surface area contributed by atoms with Crippen LogP contribution in [0.5, 0.6) is 0 Å². The summed E-state index contributed by atoms with van der Waals surface area (Å²) in [4.78, 5) is 13.8. The van der Waals surface area contributed by atoms with E-state index in [1.165, 1.54) is 32.1 Å². The van der Waals surface area contributed by atoms with Crippen molar-refractivity contribution in [3.63, 3.8) is 0 Å². The molecule has 1 atom stereocenters. The highest BCUT2D eigenvalue weighted by molar-refractivity contribution is 5.81. The first kappa shape index (κ1) is 14.5. The third kappa shape index (κ3) is 5.07. The number of nitrogens with one attached hydrogen (secondary N) is 1. The van der Waals surface area contributed by atoms with Crippen molar-refractivity contribution in [2.45, 2.75) is 64.5 Å². The van der Waals surface area contributed by atoms with E-state index in [9.17, 15) is 4.79 Å². The molecule has 3 heteroatoms. The summed E-state index contributed by atoms with van der Waals surface area (Å²) in [5.41, 5.74) is 0. The quantitative estimate of drug-likeness (QED) is 0.800. The van der Waals surface area contributed by atoms with E-state index in [4.69, 9.17) is 0 Å². The molecular weight excluding hydrogens is 212 g/mol. The van der Waals surface area contributed by atoms with Gasteiger partial charge in [-0.15, -0.1) is 0 Å². The van der Waals surface area contributed by atoms with Crippen LogP contribution in [0, 0.1) is 5.92 Å². The van der Waals surface area contributed by atoms with Crippen LogP contribution in [0.1, 0.15) is 52.4 Å². The van der Waals surface area contributed by atoms with Gasteiger partial charge in [0, 0.05) is 20.1 Å². The van der Waals surface area contributed by atoms with Gasteiger partial charge >= 0.3 is 0 Å². The van der Waals surface area contributed by atoms with Gasteiger partial charge in [-0.25, -0.2) is 0 Å². The predicted molar refractivity (Wildman–Crippen MR) is 71.9 cm³/mol. The Kier molecular flexibility index (Phi) is 5.96. The number of carbonyl (C=O) groups is 1. The lowest BCUT2D eigenvalue weighted by molar-refractivity contribution is -0.131. The zero-order valence-electron chi connectivity index (χ0n) is 11.8. The van der Waals surface area contributed by atoms with E-state index in [-0.39, 0.29) is 11.9 Å². The Labute approximate surface area is 106 Å². The second-order valence-corrected chi connectivity index (χ2v) is 5.92. The van der Waals surface area contributed by atoms with E-state index in [0.29, 0.717) is 12.0 Å². The molecule has 1 amide bonds. The number of amides is 1. The van der Waals surface area contributed by atoms with Crippen molar-refractivity contribution in [3.8, 4) is 0 Å². The number of hydrogen-bond acceptors (Lipinski definition) is 2. The monoisotopic (exact) mass is 240 g/mol. The molecule has 17 heavy (non-hydrogen) atoms. The average Bonchev–Trinajstić information content (AvgIpc) is 2.28. The maximum atomic E-state index is 12.1. The van der Waals surface area contributed by atoms with Gasteiger partial charge in [0.1, 0.15) is 0 Å². The van der Waals surface area contributed by atoms with Crippen LogP contribution in [0.15, 0.2) is 0 Å². The minimum atomic E-state index is 0.00750. The lowest BCUT2D eigenvalue weighted by atomic mass is 9.93. The van der Waals surface area contributed by atoms with Gasteiger partial charge in [-0.1, -0.05) is 33.1 Å². The molecule has 0 aromatic heterocycles. The van der Waals surface area contributed by atoms with Crippen LogP contribution < -0.4 is 5.32 Å². The molecule has 1 rings (SSSR count). The molecule has 0 aliphatic heterocycles. The normalized spacial score (nSPS) is 19.4. The molecule has 1 N–H and O–H groups in total. The van der Waals surface area contributed by atoms with Crippen molar-refractivity contribution in [2.75, 3.05) is 14.1 Å². The molecule has 1 aliphatic carbocycles. The van der Waals surface area contributed by atoms with E-state index in [1.807, 2.05) is 14.1 Å². The first-order valence-electron chi connectivity index (χ1n) is 6.98. The summed E-state index contributed by atoms with van der Waals surface area (Å²) >= 11 is 0. The number of nitrogens with zero attached hydrogens (tertiary/aromatic N) is 1. The molecule has 100 valence electrons. The van der Waals surface area contributed by atoms with E-state index < -0.39 is 0 Å². The molecule has 3 nitrogen and oxygen atoms in total. The predicted octanol–water partition coefficient (Wildman–Crippen LogP) is 2.41. The highest BCUT2D eigenvalue weighted by Crippen LogP contribution is 2.19. The van der Waals surface area contributed by atoms with Gasteiger partial charge in [-0.05, 0) is 25.2 Å². The van der Waals surface area contributed by atoms with Crippen molar-refractivity contribution < 1.29 is 4.79 Å². The Bertz CT molecular complexity index is 232. The second kappa shape index (κ2) is 7.00. The zero-order valence-corrected chi connectivity index (χ0v) is 11.8. The Morgan fingerprint density at radius 2 is 1.82 bits per heavy atom. The molecule has 0 heterocycles. The van der Waals surface area contributed by atoms with Crippen molar-refractivity contribution in [3.05, 3.63) is 0 Å². The van der Waals surface area contributed by atoms with Crippen LogP contribution in [0.2, 0.25) is 0 Å². The molecule has 0 aromatic carbocycles. The molecule has 0 aromatic rings. The molecular formula is C14H28N2O. The Balaban J connectivity index is 2.52. The smallest absolute Gasteiger partial charge is 0.239 e. The SMILES string of the molecule is CC(C)CC(NC1CCCCC1)C(=O)N(C)C. The fraction of sp³-hybridized carbons (Fsp3) is 0.929. The highest BCUT2D eigenvalue weighted by Gasteiger charge is 2.25. The van der Waals surface area contributed by atoms with E-state index >= 15 is 0 Å². The molecule has 1 fully saturated rings. The molecule has 0 radical (unpaired) electrons. The van der Waals surface area contributed by atoms with Gasteiger partial charge in [0.15, 0.2) is 0 Å². The van der Waals surface area contributed by atoms with Crippen molar-refractivity contribution in [1.29, 1.82) is 0 Å². The van der Waals surface area contributed by atoms with Crippen LogP contribution in [0.4, 0.5) is 0 Å². The van der Waals surface area contributed by atoms with E-state index in [1.54, 1.807) is 4.90 Å². The van der Waals surface area contributed by atoms with Crippen molar-refractivity contribution in [1.82, 2.24) is 10.2 Å².